The van der Waals surface area contributed by atoms with Crippen molar-refractivity contribution in [3.8, 4) is 0 Å². The minimum Gasteiger partial charge on any atom is -0.399 e. The molecule has 0 saturated carbocycles. The summed E-state index contributed by atoms with van der Waals surface area (Å²) in [6.45, 7) is 0.452. The molecule has 0 heterocycles. The van der Waals surface area contributed by atoms with E-state index in [-0.39, 0.29) is 18.9 Å². The Bertz CT molecular complexity index is 344. The number of aliphatic hydroxyl groups excluding tert-OH is 2. The second-order valence-corrected chi connectivity index (χ2v) is 4.88. The molecular formula is C12H23N3O4. The van der Waals surface area contributed by atoms with Gasteiger partial charge < -0.3 is 37.2 Å². The minimum atomic E-state index is -1.42. The highest BCUT2D eigenvalue weighted by atomic mass is 16.5. The first kappa shape index (κ1) is 16.1. The van der Waals surface area contributed by atoms with E-state index in [1.807, 2.05) is 0 Å². The van der Waals surface area contributed by atoms with Gasteiger partial charge in [-0.15, -0.1) is 0 Å². The van der Waals surface area contributed by atoms with E-state index in [1.54, 1.807) is 18.2 Å². The molecule has 7 nitrogen and oxygen atoms in total. The third-order valence-corrected chi connectivity index (χ3v) is 3.20. The third-order valence-electron chi connectivity index (χ3n) is 3.20. The van der Waals surface area contributed by atoms with E-state index < -0.39 is 18.1 Å². The van der Waals surface area contributed by atoms with Gasteiger partial charge in [-0.3, -0.25) is 0 Å². The zero-order chi connectivity index (χ0) is 14.5. The smallest absolute Gasteiger partial charge is 0.164 e. The molecule has 0 saturated heterocycles. The van der Waals surface area contributed by atoms with Crippen LogP contribution in [0, 0.1) is 5.92 Å². The topological polar surface area (TPSA) is 145 Å². The van der Waals surface area contributed by atoms with E-state index >= 15 is 0 Å². The van der Waals surface area contributed by atoms with Crippen molar-refractivity contribution in [1.29, 1.82) is 0 Å². The van der Waals surface area contributed by atoms with Crippen LogP contribution in [0.15, 0.2) is 23.9 Å². The van der Waals surface area contributed by atoms with Crippen LogP contribution in [-0.4, -0.2) is 51.6 Å². The molecule has 0 amide bonds. The highest BCUT2D eigenvalue weighted by Crippen LogP contribution is 2.28. The summed E-state index contributed by atoms with van der Waals surface area (Å²) < 4.78 is 0. The largest absolute Gasteiger partial charge is 0.399 e. The second-order valence-electron chi connectivity index (χ2n) is 4.88. The third kappa shape index (κ3) is 5.27. The van der Waals surface area contributed by atoms with Gasteiger partial charge in [-0.05, 0) is 18.9 Å². The molecule has 1 aliphatic rings. The molecule has 110 valence electrons. The van der Waals surface area contributed by atoms with Gasteiger partial charge in [0.2, 0.25) is 0 Å². The molecule has 0 aromatic carbocycles. The Morgan fingerprint density at radius 1 is 1.26 bits per heavy atom. The number of aliphatic hydroxyl groups is 4. The molecule has 0 bridgehead atoms. The van der Waals surface area contributed by atoms with Crippen LogP contribution >= 0.6 is 0 Å². The highest BCUT2D eigenvalue weighted by molar-refractivity contribution is 5.29. The Balaban J connectivity index is 2.63. The number of hydrogen-bond donors (Lipinski definition) is 7. The Hall–Kier alpha value is -0.960. The maximum atomic E-state index is 8.94. The van der Waals surface area contributed by atoms with Crippen molar-refractivity contribution in [2.45, 2.75) is 31.0 Å². The van der Waals surface area contributed by atoms with Crippen LogP contribution in [-0.2, 0) is 0 Å². The van der Waals surface area contributed by atoms with Gasteiger partial charge in [0.15, 0.2) is 12.6 Å². The predicted octanol–water partition coefficient (Wildman–Crippen LogP) is -2.30. The van der Waals surface area contributed by atoms with Gasteiger partial charge in [0.1, 0.15) is 0 Å². The van der Waals surface area contributed by atoms with Crippen molar-refractivity contribution >= 4 is 0 Å². The summed E-state index contributed by atoms with van der Waals surface area (Å²) in [6, 6.07) is 0. The first-order chi connectivity index (χ1) is 8.83. The fourth-order valence-electron chi connectivity index (χ4n) is 2.08. The minimum absolute atomic E-state index is 0.0344. The molecular weight excluding hydrogens is 250 g/mol. The molecule has 19 heavy (non-hydrogen) atoms. The quantitative estimate of drug-likeness (QED) is 0.258. The first-order valence-electron chi connectivity index (χ1n) is 6.22. The summed E-state index contributed by atoms with van der Waals surface area (Å²) in [5.41, 5.74) is 11.8. The molecule has 2 unspecified atom stereocenters. The van der Waals surface area contributed by atoms with Crippen LogP contribution in [0.25, 0.3) is 0 Å². The lowest BCUT2D eigenvalue weighted by Gasteiger charge is -2.36. The second kappa shape index (κ2) is 6.99. The van der Waals surface area contributed by atoms with Crippen molar-refractivity contribution in [3.63, 3.8) is 0 Å². The van der Waals surface area contributed by atoms with E-state index in [0.29, 0.717) is 18.7 Å². The van der Waals surface area contributed by atoms with Gasteiger partial charge >= 0.3 is 0 Å². The summed E-state index contributed by atoms with van der Waals surface area (Å²) in [5, 5.41) is 38.3. The molecule has 0 aromatic rings. The molecule has 0 aliphatic heterocycles. The lowest BCUT2D eigenvalue weighted by atomic mass is 9.77. The van der Waals surface area contributed by atoms with Gasteiger partial charge in [0.05, 0.1) is 0 Å². The zero-order valence-corrected chi connectivity index (χ0v) is 10.7. The number of nitrogens with one attached hydrogen (secondary N) is 1. The summed E-state index contributed by atoms with van der Waals surface area (Å²) >= 11 is 0. The lowest BCUT2D eigenvalue weighted by Crippen LogP contribution is -2.51. The predicted molar refractivity (Wildman–Crippen MR) is 70.4 cm³/mol. The molecule has 0 fully saturated rings. The Kier molecular flexibility index (Phi) is 5.92. The van der Waals surface area contributed by atoms with Crippen LogP contribution in [0.3, 0.4) is 0 Å². The standard InChI is InChI=1S/C12H23N3O4/c13-9-1-3-12(14,4-2-10(16)17)8(5-9)6-15-7-11(18)19/h1,3,5,8,10-11,15-19H,2,4,6-7,13-14H2. The molecule has 1 rings (SSSR count). The van der Waals surface area contributed by atoms with E-state index in [9.17, 15) is 0 Å². The van der Waals surface area contributed by atoms with Crippen LogP contribution in [0.2, 0.25) is 0 Å². The molecule has 0 radical (unpaired) electrons. The number of allylic oxidation sites excluding steroid dienone is 1. The first-order valence-corrected chi connectivity index (χ1v) is 6.22. The van der Waals surface area contributed by atoms with Crippen molar-refractivity contribution < 1.29 is 20.4 Å². The lowest BCUT2D eigenvalue weighted by molar-refractivity contribution is -0.0498. The molecule has 7 heteroatoms. The number of rotatable bonds is 7. The van der Waals surface area contributed by atoms with E-state index in [4.69, 9.17) is 31.9 Å². The maximum absolute atomic E-state index is 8.94. The Morgan fingerprint density at radius 3 is 2.53 bits per heavy atom. The average molecular weight is 273 g/mol. The van der Waals surface area contributed by atoms with Crippen LogP contribution < -0.4 is 16.8 Å². The molecule has 0 spiro atoms. The maximum Gasteiger partial charge on any atom is 0.164 e. The SMILES string of the molecule is NC1=CC(CNCC(O)O)C(N)(CCC(O)O)C=C1. The normalized spacial score (nSPS) is 27.1. The van der Waals surface area contributed by atoms with Crippen LogP contribution in [0.4, 0.5) is 0 Å². The van der Waals surface area contributed by atoms with Gasteiger partial charge in [-0.25, -0.2) is 0 Å². The molecule has 1 aliphatic carbocycles. The van der Waals surface area contributed by atoms with Gasteiger partial charge in [-0.2, -0.15) is 0 Å². The van der Waals surface area contributed by atoms with Crippen molar-refractivity contribution in [2.75, 3.05) is 13.1 Å². The Labute approximate surface area is 112 Å². The van der Waals surface area contributed by atoms with Gasteiger partial charge in [0.25, 0.3) is 0 Å². The Morgan fingerprint density at radius 2 is 1.95 bits per heavy atom. The number of nitrogens with two attached hydrogens (primary N) is 2. The van der Waals surface area contributed by atoms with E-state index in [2.05, 4.69) is 5.32 Å². The summed E-state index contributed by atoms with van der Waals surface area (Å²) in [5.74, 6) is -0.157. The molecule has 9 N–H and O–H groups in total. The monoisotopic (exact) mass is 273 g/mol. The zero-order valence-electron chi connectivity index (χ0n) is 10.7. The van der Waals surface area contributed by atoms with Crippen molar-refractivity contribution in [1.82, 2.24) is 5.32 Å². The van der Waals surface area contributed by atoms with Crippen LogP contribution in [0.1, 0.15) is 12.8 Å². The van der Waals surface area contributed by atoms with Crippen molar-refractivity contribution in [3.05, 3.63) is 23.9 Å². The highest BCUT2D eigenvalue weighted by Gasteiger charge is 2.33. The fourth-order valence-corrected chi connectivity index (χ4v) is 2.08. The molecule has 2 atom stereocenters. The fraction of sp³-hybridized carbons (Fsp3) is 0.667. The van der Waals surface area contributed by atoms with Gasteiger partial charge in [-0.1, -0.05) is 12.2 Å². The van der Waals surface area contributed by atoms with Gasteiger partial charge in [0, 0.05) is 30.2 Å². The van der Waals surface area contributed by atoms with E-state index in [1.165, 1.54) is 0 Å². The summed E-state index contributed by atoms with van der Waals surface area (Å²) in [6.07, 6.45) is 2.97. The van der Waals surface area contributed by atoms with Crippen molar-refractivity contribution in [2.24, 2.45) is 17.4 Å². The summed E-state index contributed by atoms with van der Waals surface area (Å²) in [4.78, 5) is 0. The number of hydrogen-bond acceptors (Lipinski definition) is 7. The molecule has 0 aromatic heterocycles. The summed E-state index contributed by atoms with van der Waals surface area (Å²) in [7, 11) is 0. The van der Waals surface area contributed by atoms with Crippen LogP contribution in [0.5, 0.6) is 0 Å². The van der Waals surface area contributed by atoms with E-state index in [0.717, 1.165) is 0 Å². The average Bonchev–Trinajstić information content (AvgIpc) is 2.31.